The van der Waals surface area contributed by atoms with E-state index < -0.39 is 23.8 Å². The Bertz CT molecular complexity index is 813. The van der Waals surface area contributed by atoms with E-state index in [1.807, 2.05) is 0 Å². The summed E-state index contributed by atoms with van der Waals surface area (Å²) in [6.07, 6.45) is 0.242. The van der Waals surface area contributed by atoms with E-state index in [1.54, 1.807) is 4.90 Å². The molecule has 10 heteroatoms. The first-order chi connectivity index (χ1) is 15.1. The van der Waals surface area contributed by atoms with Crippen LogP contribution in [0.2, 0.25) is 0 Å². The Balaban J connectivity index is 1.42. The van der Waals surface area contributed by atoms with Gasteiger partial charge in [0.05, 0.1) is 18.2 Å². The summed E-state index contributed by atoms with van der Waals surface area (Å²) in [5, 5.41) is 16.2. The third-order valence-corrected chi connectivity index (χ3v) is 6.64. The number of benzene rings is 1. The smallest absolute Gasteiger partial charge is 0.392 e. The van der Waals surface area contributed by atoms with Crippen LogP contribution >= 0.6 is 9.24 Å². The molecule has 178 valence electrons. The maximum Gasteiger partial charge on any atom is 0.416 e. The van der Waals surface area contributed by atoms with Gasteiger partial charge in [-0.25, -0.2) is 0 Å². The Hall–Kier alpha value is -1.70. The fraction of sp³-hybridized carbons (Fsp3) is 0.636. The van der Waals surface area contributed by atoms with Crippen molar-refractivity contribution in [2.24, 2.45) is 5.92 Å². The Kier molecular flexibility index (Phi) is 8.53. The number of amides is 2. The van der Waals surface area contributed by atoms with Crippen molar-refractivity contribution in [1.82, 2.24) is 15.5 Å². The molecule has 1 saturated carbocycles. The molecule has 2 aliphatic rings. The predicted molar refractivity (Wildman–Crippen MR) is 119 cm³/mol. The monoisotopic (exact) mass is 473 g/mol. The predicted octanol–water partition coefficient (Wildman–Crippen LogP) is 2.07. The Morgan fingerprint density at radius 3 is 2.44 bits per heavy atom. The average molecular weight is 473 g/mol. The Morgan fingerprint density at radius 2 is 1.78 bits per heavy atom. The second-order valence-corrected chi connectivity index (χ2v) is 9.38. The third kappa shape index (κ3) is 6.90. The fourth-order valence-corrected chi connectivity index (χ4v) is 4.71. The molecule has 3 atom stereocenters. The van der Waals surface area contributed by atoms with E-state index in [0.29, 0.717) is 24.9 Å². The van der Waals surface area contributed by atoms with Crippen molar-refractivity contribution < 1.29 is 27.9 Å². The number of hydrogen-bond acceptors (Lipinski definition) is 4. The van der Waals surface area contributed by atoms with Crippen molar-refractivity contribution >= 4 is 26.4 Å². The first-order valence-corrected chi connectivity index (χ1v) is 11.7. The number of piperidine rings is 1. The number of rotatable bonds is 6. The van der Waals surface area contributed by atoms with E-state index in [4.69, 9.17) is 0 Å². The number of nitrogens with one attached hydrogen (secondary N) is 2. The minimum atomic E-state index is -4.51. The molecule has 1 saturated heterocycles. The molecule has 0 radical (unpaired) electrons. The van der Waals surface area contributed by atoms with Gasteiger partial charge < -0.3 is 20.6 Å². The molecule has 1 aromatic carbocycles. The number of hydrogen-bond donors (Lipinski definition) is 3. The highest BCUT2D eigenvalue weighted by Crippen LogP contribution is 2.29. The Labute approximate surface area is 188 Å². The molecule has 6 nitrogen and oxygen atoms in total. The van der Waals surface area contributed by atoms with E-state index in [1.165, 1.54) is 6.07 Å². The zero-order valence-electron chi connectivity index (χ0n) is 18.0. The van der Waals surface area contributed by atoms with Crippen molar-refractivity contribution in [3.05, 3.63) is 29.3 Å². The zero-order chi connectivity index (χ0) is 23.3. The molecule has 1 aliphatic carbocycles. The zero-order valence-corrected chi connectivity index (χ0v) is 19.1. The van der Waals surface area contributed by atoms with Crippen LogP contribution in [0, 0.1) is 5.92 Å². The van der Waals surface area contributed by atoms with Gasteiger partial charge in [-0.05, 0) is 55.1 Å². The summed E-state index contributed by atoms with van der Waals surface area (Å²) < 4.78 is 38.9. The van der Waals surface area contributed by atoms with Gasteiger partial charge >= 0.3 is 6.18 Å². The van der Waals surface area contributed by atoms with Gasteiger partial charge in [0.1, 0.15) is 0 Å². The number of aliphatic hydroxyl groups is 1. The second-order valence-electron chi connectivity index (χ2n) is 8.71. The highest BCUT2D eigenvalue weighted by molar-refractivity contribution is 7.27. The highest BCUT2D eigenvalue weighted by Gasteiger charge is 2.32. The second kappa shape index (κ2) is 10.9. The molecule has 1 aromatic rings. The first-order valence-electron chi connectivity index (χ1n) is 11.1. The highest BCUT2D eigenvalue weighted by atomic mass is 31.0. The van der Waals surface area contributed by atoms with Crippen molar-refractivity contribution in [1.29, 1.82) is 0 Å². The standard InChI is InChI=1S/C22H31F3N3O3P/c23-22(24,25)16-9-15(10-17(32)11-16)21(31)27-12-14-5-7-28(8-6-14)20(30)13-26-18-3-1-2-4-19(18)29/h9-11,14,18-19,26,29H,1-8,12-13,32H2,(H,27,31). The van der Waals surface area contributed by atoms with Crippen LogP contribution in [-0.2, 0) is 11.0 Å². The quantitative estimate of drug-likeness (QED) is 0.553. The minimum absolute atomic E-state index is 0.00204. The molecular formula is C22H31F3N3O3P. The molecule has 32 heavy (non-hydrogen) atoms. The van der Waals surface area contributed by atoms with Crippen molar-refractivity contribution in [3.8, 4) is 0 Å². The number of halogens is 3. The molecular weight excluding hydrogens is 442 g/mol. The van der Waals surface area contributed by atoms with E-state index in [-0.39, 0.29) is 30.0 Å². The van der Waals surface area contributed by atoms with Crippen molar-refractivity contribution in [2.75, 3.05) is 26.2 Å². The number of nitrogens with zero attached hydrogens (tertiary/aromatic N) is 1. The van der Waals surface area contributed by atoms with Crippen LogP contribution in [0.1, 0.15) is 54.4 Å². The molecule has 2 amide bonds. The van der Waals surface area contributed by atoms with E-state index in [9.17, 15) is 27.9 Å². The van der Waals surface area contributed by atoms with Gasteiger partial charge in [0.25, 0.3) is 5.91 Å². The van der Waals surface area contributed by atoms with Crippen LogP contribution in [-0.4, -0.2) is 60.1 Å². The molecule has 0 bridgehead atoms. The van der Waals surface area contributed by atoms with E-state index in [0.717, 1.165) is 50.7 Å². The largest absolute Gasteiger partial charge is 0.416 e. The van der Waals surface area contributed by atoms with Crippen LogP contribution in [0.5, 0.6) is 0 Å². The maximum absolute atomic E-state index is 13.0. The summed E-state index contributed by atoms with van der Waals surface area (Å²) in [4.78, 5) is 26.6. The van der Waals surface area contributed by atoms with Gasteiger partial charge in [-0.2, -0.15) is 13.2 Å². The average Bonchev–Trinajstić information content (AvgIpc) is 2.76. The SMILES string of the molecule is O=C(NCC1CCN(C(=O)CNC2CCCCC2O)CC1)c1cc(P)cc(C(F)(F)F)c1. The summed E-state index contributed by atoms with van der Waals surface area (Å²) in [5.41, 5.74) is -0.871. The van der Waals surface area contributed by atoms with Gasteiger partial charge in [0.15, 0.2) is 0 Å². The number of alkyl halides is 3. The molecule has 3 N–H and O–H groups in total. The molecule has 3 rings (SSSR count). The normalized spacial score (nSPS) is 22.6. The van der Waals surface area contributed by atoms with Crippen LogP contribution < -0.4 is 15.9 Å². The number of carbonyl (C=O) groups is 2. The summed E-state index contributed by atoms with van der Waals surface area (Å²) >= 11 is 0. The van der Waals surface area contributed by atoms with Crippen LogP contribution in [0.15, 0.2) is 18.2 Å². The van der Waals surface area contributed by atoms with E-state index >= 15 is 0 Å². The van der Waals surface area contributed by atoms with Crippen LogP contribution in [0.4, 0.5) is 13.2 Å². The van der Waals surface area contributed by atoms with Crippen LogP contribution in [0.3, 0.4) is 0 Å². The number of likely N-dealkylation sites (tertiary alicyclic amines) is 1. The lowest BCUT2D eigenvalue weighted by Crippen LogP contribution is -2.49. The Morgan fingerprint density at radius 1 is 1.09 bits per heavy atom. The number of carbonyl (C=O) groups excluding carboxylic acids is 2. The third-order valence-electron chi connectivity index (χ3n) is 6.31. The minimum Gasteiger partial charge on any atom is -0.392 e. The summed E-state index contributed by atoms with van der Waals surface area (Å²) in [6, 6.07) is 3.23. The molecule has 1 aliphatic heterocycles. The van der Waals surface area contributed by atoms with Crippen molar-refractivity contribution in [3.63, 3.8) is 0 Å². The first kappa shape index (κ1) is 24.9. The topological polar surface area (TPSA) is 81.7 Å². The van der Waals surface area contributed by atoms with Crippen LogP contribution in [0.25, 0.3) is 0 Å². The number of aliphatic hydroxyl groups excluding tert-OH is 1. The van der Waals surface area contributed by atoms with Gasteiger partial charge in [-0.15, -0.1) is 9.24 Å². The van der Waals surface area contributed by atoms with Gasteiger partial charge in [-0.1, -0.05) is 12.8 Å². The summed E-state index contributed by atoms with van der Waals surface area (Å²) in [5.74, 6) is -0.367. The van der Waals surface area contributed by atoms with E-state index in [2.05, 4.69) is 19.9 Å². The van der Waals surface area contributed by atoms with Gasteiger partial charge in [-0.3, -0.25) is 9.59 Å². The molecule has 1 heterocycles. The van der Waals surface area contributed by atoms with Gasteiger partial charge in [0.2, 0.25) is 5.91 Å². The molecule has 0 aromatic heterocycles. The summed E-state index contributed by atoms with van der Waals surface area (Å²) in [7, 11) is 2.20. The lowest BCUT2D eigenvalue weighted by molar-refractivity contribution is -0.137. The maximum atomic E-state index is 13.0. The lowest BCUT2D eigenvalue weighted by Gasteiger charge is -2.33. The summed E-state index contributed by atoms with van der Waals surface area (Å²) in [6.45, 7) is 1.72. The fourth-order valence-electron chi connectivity index (χ4n) is 4.35. The lowest BCUT2D eigenvalue weighted by atomic mass is 9.92. The molecule has 3 unspecified atom stereocenters. The molecule has 2 fully saturated rings. The molecule has 0 spiro atoms. The van der Waals surface area contributed by atoms with Gasteiger partial charge in [0, 0.05) is 31.2 Å². The van der Waals surface area contributed by atoms with Crippen molar-refractivity contribution in [2.45, 2.75) is 56.8 Å².